The van der Waals surface area contributed by atoms with Gasteiger partial charge < -0.3 is 0 Å². The summed E-state index contributed by atoms with van der Waals surface area (Å²) in [5, 5.41) is 0. The minimum absolute atomic E-state index is 1.43. The van der Waals surface area contributed by atoms with Crippen LogP contribution in [-0.4, -0.2) is 0 Å². The summed E-state index contributed by atoms with van der Waals surface area (Å²) in [4.78, 5) is 0. The average molecular weight is 303 g/mol. The minimum Gasteiger partial charge on any atom is -0.0919 e. The van der Waals surface area contributed by atoms with Crippen LogP contribution >= 0.6 is 0 Å². The van der Waals surface area contributed by atoms with E-state index in [-0.39, 0.29) is 0 Å². The normalized spacial score (nSPS) is 9.64. The summed E-state index contributed by atoms with van der Waals surface area (Å²) in [5.74, 6) is 0. The Morgan fingerprint density at radius 1 is 0.455 bits per heavy atom. The van der Waals surface area contributed by atoms with Gasteiger partial charge in [0.1, 0.15) is 0 Å². The van der Waals surface area contributed by atoms with Gasteiger partial charge in [0.15, 0.2) is 0 Å². The van der Waals surface area contributed by atoms with E-state index in [2.05, 4.69) is 69.2 Å². The Kier molecular flexibility index (Phi) is 11.8. The molecule has 0 unspecified atom stereocenters. The molecule has 0 atom stereocenters. The second-order valence-corrected chi connectivity index (χ2v) is 6.42. The predicted molar refractivity (Wildman–Crippen MR) is 105 cm³/mol. The van der Waals surface area contributed by atoms with E-state index in [1.807, 2.05) is 26.0 Å². The van der Waals surface area contributed by atoms with E-state index in [1.54, 1.807) is 0 Å². The van der Waals surface area contributed by atoms with E-state index in [0.29, 0.717) is 0 Å². The van der Waals surface area contributed by atoms with E-state index in [4.69, 9.17) is 0 Å². The summed E-state index contributed by atoms with van der Waals surface area (Å²) >= 11 is 0. The zero-order valence-electron chi connectivity index (χ0n) is 17.2. The molecule has 0 aliphatic carbocycles. The van der Waals surface area contributed by atoms with Crippen LogP contribution in [0.5, 0.6) is 0 Å². The highest BCUT2D eigenvalue weighted by atomic mass is 14.1. The van der Waals surface area contributed by atoms with Gasteiger partial charge in [0.25, 0.3) is 0 Å². The molecule has 0 saturated heterocycles. The van der Waals surface area contributed by atoms with Crippen LogP contribution in [0.4, 0.5) is 0 Å². The van der Waals surface area contributed by atoms with Crippen molar-refractivity contribution >= 4 is 0 Å². The van der Waals surface area contributed by atoms with Crippen molar-refractivity contribution in [3.8, 4) is 0 Å². The maximum Gasteiger partial charge on any atom is -0.0392 e. The smallest absolute Gasteiger partial charge is 0.0392 e. The van der Waals surface area contributed by atoms with Crippen LogP contribution in [0.25, 0.3) is 0 Å². The van der Waals surface area contributed by atoms with Crippen LogP contribution in [0, 0.1) is 41.5 Å². The molecule has 0 N–H and O–H groups in total. The minimum atomic E-state index is 1.43. The first-order chi connectivity index (χ1) is 10.0. The highest BCUT2D eigenvalue weighted by molar-refractivity contribution is 5.48. The molecule has 1 aromatic rings. The monoisotopic (exact) mass is 302 g/mol. The van der Waals surface area contributed by atoms with Crippen molar-refractivity contribution in [3.63, 3.8) is 0 Å². The van der Waals surface area contributed by atoms with Gasteiger partial charge in [-0.05, 0) is 116 Å². The van der Waals surface area contributed by atoms with Crippen LogP contribution in [0.15, 0.2) is 23.3 Å². The number of rotatable bonds is 0. The Morgan fingerprint density at radius 2 is 0.591 bits per heavy atom. The summed E-state index contributed by atoms with van der Waals surface area (Å²) in [5.41, 5.74) is 11.6. The molecule has 0 saturated carbocycles. The second-order valence-electron chi connectivity index (χ2n) is 6.42. The molecule has 0 fully saturated rings. The molecule has 0 nitrogen and oxygen atoms in total. The molecule has 126 valence electrons. The lowest BCUT2D eigenvalue weighted by molar-refractivity contribution is 1.13. The Hall–Kier alpha value is -1.30. The van der Waals surface area contributed by atoms with Crippen LogP contribution in [0.2, 0.25) is 0 Å². The zero-order chi connectivity index (χ0) is 18.0. The van der Waals surface area contributed by atoms with Crippen molar-refractivity contribution in [1.29, 1.82) is 0 Å². The molecule has 22 heavy (non-hydrogen) atoms. The number of hydrogen-bond acceptors (Lipinski definition) is 0. The summed E-state index contributed by atoms with van der Waals surface area (Å²) < 4.78 is 0. The maximum absolute atomic E-state index is 2.21. The first-order valence-corrected chi connectivity index (χ1v) is 8.24. The lowest BCUT2D eigenvalue weighted by Gasteiger charge is -2.15. The van der Waals surface area contributed by atoms with E-state index in [1.165, 1.54) is 44.5 Å². The van der Waals surface area contributed by atoms with Crippen LogP contribution in [0.3, 0.4) is 0 Å². The van der Waals surface area contributed by atoms with Crippen LogP contribution in [0.1, 0.15) is 74.9 Å². The Labute approximate surface area is 140 Å². The predicted octanol–water partition coefficient (Wildman–Crippen LogP) is 7.48. The molecule has 0 aromatic heterocycles. The van der Waals surface area contributed by atoms with Crippen molar-refractivity contribution < 1.29 is 0 Å². The molecule has 0 radical (unpaired) electrons. The highest BCUT2D eigenvalue weighted by Crippen LogP contribution is 2.24. The fourth-order valence-corrected chi connectivity index (χ4v) is 1.69. The fraction of sp³-hybridized carbons (Fsp3) is 0.545. The molecule has 0 spiro atoms. The van der Waals surface area contributed by atoms with Gasteiger partial charge in [-0.1, -0.05) is 23.3 Å². The topological polar surface area (TPSA) is 0 Å². The third kappa shape index (κ3) is 7.64. The Balaban J connectivity index is 0. The van der Waals surface area contributed by atoms with E-state index in [9.17, 15) is 0 Å². The SMILES string of the molecule is CC(C)=C(C)C.CC=CC.Cc1c(C)c(C)c(C)c(C)c1C. The Morgan fingerprint density at radius 3 is 0.636 bits per heavy atom. The van der Waals surface area contributed by atoms with Gasteiger partial charge in [-0.2, -0.15) is 0 Å². The summed E-state index contributed by atoms with van der Waals surface area (Å²) in [6, 6.07) is 0. The quantitative estimate of drug-likeness (QED) is 0.436. The fourth-order valence-electron chi connectivity index (χ4n) is 1.69. The molecule has 0 bridgehead atoms. The van der Waals surface area contributed by atoms with Crippen LogP contribution < -0.4 is 0 Å². The van der Waals surface area contributed by atoms with Gasteiger partial charge in [0.05, 0.1) is 0 Å². The largest absolute Gasteiger partial charge is 0.0919 e. The molecule has 0 amide bonds. The number of benzene rings is 1. The molecule has 0 aliphatic heterocycles. The molecular formula is C22H38. The zero-order valence-corrected chi connectivity index (χ0v) is 17.2. The first-order valence-electron chi connectivity index (χ1n) is 8.24. The van der Waals surface area contributed by atoms with Gasteiger partial charge in [0, 0.05) is 0 Å². The maximum atomic E-state index is 2.21. The first kappa shape index (κ1) is 23.0. The average Bonchev–Trinajstić information content (AvgIpc) is 2.49. The highest BCUT2D eigenvalue weighted by Gasteiger charge is 2.07. The third-order valence-electron chi connectivity index (χ3n) is 4.71. The lowest BCUT2D eigenvalue weighted by Crippen LogP contribution is -1.98. The molecule has 0 aliphatic rings. The molecule has 1 aromatic carbocycles. The van der Waals surface area contributed by atoms with E-state index >= 15 is 0 Å². The lowest BCUT2D eigenvalue weighted by atomic mass is 9.90. The van der Waals surface area contributed by atoms with Crippen LogP contribution in [-0.2, 0) is 0 Å². The molecule has 0 heterocycles. The van der Waals surface area contributed by atoms with Crippen molar-refractivity contribution in [2.45, 2.75) is 83.1 Å². The van der Waals surface area contributed by atoms with Gasteiger partial charge in [-0.15, -0.1) is 0 Å². The number of allylic oxidation sites excluding steroid dienone is 4. The van der Waals surface area contributed by atoms with Gasteiger partial charge in [0.2, 0.25) is 0 Å². The van der Waals surface area contributed by atoms with E-state index in [0.717, 1.165) is 0 Å². The third-order valence-corrected chi connectivity index (χ3v) is 4.71. The van der Waals surface area contributed by atoms with Crippen molar-refractivity contribution in [2.75, 3.05) is 0 Å². The van der Waals surface area contributed by atoms with Gasteiger partial charge in [-0.3, -0.25) is 0 Å². The standard InChI is InChI=1S/C12H18.C6H12.C4H8/c1-7-8(2)10(4)12(6)11(5)9(7)3;1-5(2)6(3)4;1-3-4-2/h1-6H3;1-4H3;3-4H,1-2H3. The number of hydrogen-bond donors (Lipinski definition) is 0. The van der Waals surface area contributed by atoms with Gasteiger partial charge >= 0.3 is 0 Å². The summed E-state index contributed by atoms with van der Waals surface area (Å²) in [7, 11) is 0. The van der Waals surface area contributed by atoms with Crippen molar-refractivity contribution in [1.82, 2.24) is 0 Å². The Bertz CT molecular complexity index is 398. The van der Waals surface area contributed by atoms with Crippen molar-refractivity contribution in [3.05, 3.63) is 56.7 Å². The van der Waals surface area contributed by atoms with Gasteiger partial charge in [-0.25, -0.2) is 0 Å². The second kappa shape index (κ2) is 11.3. The van der Waals surface area contributed by atoms with E-state index < -0.39 is 0 Å². The molecule has 0 heteroatoms. The van der Waals surface area contributed by atoms with Crippen molar-refractivity contribution in [2.24, 2.45) is 0 Å². The summed E-state index contributed by atoms with van der Waals surface area (Å²) in [6.07, 6.45) is 4.00. The molecular weight excluding hydrogens is 264 g/mol. The summed E-state index contributed by atoms with van der Waals surface area (Å²) in [6.45, 7) is 25.8. The molecule has 1 rings (SSSR count).